The van der Waals surface area contributed by atoms with E-state index in [0.29, 0.717) is 6.61 Å². The summed E-state index contributed by atoms with van der Waals surface area (Å²) in [5, 5.41) is 9.46. The molecule has 0 aromatic heterocycles. The molecule has 0 amide bonds. The van der Waals surface area contributed by atoms with Crippen molar-refractivity contribution in [2.24, 2.45) is 0 Å². The summed E-state index contributed by atoms with van der Waals surface area (Å²) in [5.74, 6) is 0. The van der Waals surface area contributed by atoms with E-state index in [4.69, 9.17) is 4.74 Å². The molecule has 0 bridgehead atoms. The molecule has 1 N–H and O–H groups in total. The van der Waals surface area contributed by atoms with Gasteiger partial charge in [-0.1, -0.05) is 48.0 Å². The summed E-state index contributed by atoms with van der Waals surface area (Å²) in [4.78, 5) is 0.247. The molecule has 24 heavy (non-hydrogen) atoms. The molecule has 2 aromatic carbocycles. The molecule has 128 valence electrons. The quantitative estimate of drug-likeness (QED) is 0.778. The van der Waals surface area contributed by atoms with Gasteiger partial charge >= 0.3 is 0 Å². The van der Waals surface area contributed by atoms with Crippen molar-refractivity contribution in [1.82, 2.24) is 4.31 Å². The third-order valence-electron chi connectivity index (χ3n) is 4.19. The highest BCUT2D eigenvalue weighted by Crippen LogP contribution is 2.36. The fraction of sp³-hybridized carbons (Fsp3) is 0.333. The molecular weight excluding hydrogens is 326 g/mol. The minimum atomic E-state index is -3.59. The smallest absolute Gasteiger partial charge is 0.243 e. The minimum absolute atomic E-state index is 0.204. The normalized spacial score (nSPS) is 23.2. The van der Waals surface area contributed by atoms with Gasteiger partial charge < -0.3 is 9.84 Å². The average molecular weight is 347 g/mol. The van der Waals surface area contributed by atoms with Gasteiger partial charge in [0.15, 0.2) is 0 Å². The van der Waals surface area contributed by atoms with Crippen LogP contribution in [-0.2, 0) is 21.4 Å². The third kappa shape index (κ3) is 3.52. The van der Waals surface area contributed by atoms with Crippen LogP contribution in [0, 0.1) is 6.92 Å². The van der Waals surface area contributed by atoms with Gasteiger partial charge in [-0.05, 0) is 24.6 Å². The van der Waals surface area contributed by atoms with Crippen molar-refractivity contribution < 1.29 is 18.3 Å². The van der Waals surface area contributed by atoms with Crippen LogP contribution in [0.4, 0.5) is 0 Å². The predicted octanol–water partition coefficient (Wildman–Crippen LogP) is 1.95. The molecule has 0 spiro atoms. The highest BCUT2D eigenvalue weighted by molar-refractivity contribution is 7.89. The van der Waals surface area contributed by atoms with E-state index in [2.05, 4.69) is 0 Å². The Morgan fingerprint density at radius 2 is 1.71 bits per heavy atom. The highest BCUT2D eigenvalue weighted by Gasteiger charge is 2.55. The molecular formula is C18H21NO4S. The summed E-state index contributed by atoms with van der Waals surface area (Å²) < 4.78 is 32.3. The largest absolute Gasteiger partial charge is 0.395 e. The fourth-order valence-corrected chi connectivity index (χ4v) is 4.55. The van der Waals surface area contributed by atoms with Crippen molar-refractivity contribution in [3.63, 3.8) is 0 Å². The fourth-order valence-electron chi connectivity index (χ4n) is 2.76. The first kappa shape index (κ1) is 17.1. The van der Waals surface area contributed by atoms with Gasteiger partial charge in [-0.25, -0.2) is 8.42 Å². The molecule has 0 radical (unpaired) electrons. The molecule has 2 aromatic rings. The second kappa shape index (κ2) is 7.03. The molecule has 3 atom stereocenters. The maximum Gasteiger partial charge on any atom is 0.243 e. The second-order valence-corrected chi connectivity index (χ2v) is 7.81. The predicted molar refractivity (Wildman–Crippen MR) is 91.0 cm³/mol. The molecule has 0 saturated carbocycles. The first-order valence-corrected chi connectivity index (χ1v) is 9.31. The van der Waals surface area contributed by atoms with Gasteiger partial charge in [0.05, 0.1) is 36.8 Å². The number of aryl methyl sites for hydroxylation is 1. The van der Waals surface area contributed by atoms with Crippen LogP contribution in [0.5, 0.6) is 0 Å². The van der Waals surface area contributed by atoms with Gasteiger partial charge in [-0.3, -0.25) is 0 Å². The highest BCUT2D eigenvalue weighted by atomic mass is 32.2. The van der Waals surface area contributed by atoms with Gasteiger partial charge in [-0.15, -0.1) is 0 Å². The Bertz CT molecular complexity index is 774. The number of sulfonamides is 1. The number of hydrogen-bond acceptors (Lipinski definition) is 4. The van der Waals surface area contributed by atoms with Crippen molar-refractivity contribution in [3.8, 4) is 0 Å². The molecule has 1 unspecified atom stereocenters. The summed E-state index contributed by atoms with van der Waals surface area (Å²) in [7, 11) is -3.59. The first-order valence-electron chi connectivity index (χ1n) is 7.87. The summed E-state index contributed by atoms with van der Waals surface area (Å²) in [6.07, 6.45) is 0. The molecule has 1 saturated heterocycles. The van der Waals surface area contributed by atoms with E-state index in [-0.39, 0.29) is 24.2 Å². The van der Waals surface area contributed by atoms with Crippen LogP contribution in [0.25, 0.3) is 0 Å². The molecule has 1 aliphatic heterocycles. The zero-order valence-electron chi connectivity index (χ0n) is 13.5. The lowest BCUT2D eigenvalue weighted by Gasteiger charge is -2.08. The number of rotatable bonds is 7. The third-order valence-corrected chi connectivity index (χ3v) is 6.16. The second-order valence-electron chi connectivity index (χ2n) is 5.97. The van der Waals surface area contributed by atoms with Crippen LogP contribution in [-0.4, -0.2) is 43.1 Å². The number of nitrogens with zero attached hydrogens (tertiary/aromatic N) is 1. The van der Waals surface area contributed by atoms with E-state index in [1.54, 1.807) is 24.3 Å². The molecule has 3 rings (SSSR count). The maximum absolute atomic E-state index is 12.7. The van der Waals surface area contributed by atoms with Crippen LogP contribution >= 0.6 is 0 Å². The monoisotopic (exact) mass is 347 g/mol. The SMILES string of the molecule is Cc1ccc(S(=O)(=O)N2[C@H](CO)[C@H]2COCc2ccccc2)cc1. The number of ether oxygens (including phenoxy) is 1. The van der Waals surface area contributed by atoms with Crippen LogP contribution in [0.1, 0.15) is 11.1 Å². The first-order chi connectivity index (χ1) is 11.5. The van der Waals surface area contributed by atoms with Gasteiger partial charge in [-0.2, -0.15) is 4.31 Å². The molecule has 0 aliphatic carbocycles. The van der Waals surface area contributed by atoms with Crippen molar-refractivity contribution in [2.45, 2.75) is 30.5 Å². The Kier molecular flexibility index (Phi) is 5.01. The van der Waals surface area contributed by atoms with Crippen molar-refractivity contribution in [2.75, 3.05) is 13.2 Å². The summed E-state index contributed by atoms with van der Waals surface area (Å²) in [5.41, 5.74) is 2.04. The van der Waals surface area contributed by atoms with Gasteiger partial charge in [0.2, 0.25) is 10.0 Å². The topological polar surface area (TPSA) is 66.6 Å². The lowest BCUT2D eigenvalue weighted by Crippen LogP contribution is -2.18. The van der Waals surface area contributed by atoms with E-state index >= 15 is 0 Å². The van der Waals surface area contributed by atoms with Gasteiger partial charge in [0.25, 0.3) is 0 Å². The van der Waals surface area contributed by atoms with Gasteiger partial charge in [0.1, 0.15) is 0 Å². The summed E-state index contributed by atoms with van der Waals surface area (Å²) in [6, 6.07) is 15.7. The molecule has 5 nitrogen and oxygen atoms in total. The number of aliphatic hydroxyl groups excluding tert-OH is 1. The van der Waals surface area contributed by atoms with Crippen LogP contribution in [0.15, 0.2) is 59.5 Å². The number of hydrogen-bond donors (Lipinski definition) is 1. The Labute approximate surface area is 142 Å². The van der Waals surface area contributed by atoms with Crippen molar-refractivity contribution in [3.05, 3.63) is 65.7 Å². The van der Waals surface area contributed by atoms with Crippen molar-refractivity contribution in [1.29, 1.82) is 0 Å². The molecule has 6 heteroatoms. The van der Waals surface area contributed by atoms with Crippen molar-refractivity contribution >= 4 is 10.0 Å². The zero-order valence-corrected chi connectivity index (χ0v) is 14.3. The van der Waals surface area contributed by atoms with E-state index < -0.39 is 16.1 Å². The zero-order chi connectivity index (χ0) is 17.2. The summed E-state index contributed by atoms with van der Waals surface area (Å²) >= 11 is 0. The Balaban J connectivity index is 1.64. The van der Waals surface area contributed by atoms with Crippen LogP contribution < -0.4 is 0 Å². The number of benzene rings is 2. The molecule has 1 heterocycles. The van der Waals surface area contributed by atoms with E-state index in [1.807, 2.05) is 37.3 Å². The Morgan fingerprint density at radius 1 is 1.04 bits per heavy atom. The Morgan fingerprint density at radius 3 is 2.33 bits per heavy atom. The van der Waals surface area contributed by atoms with Crippen LogP contribution in [0.3, 0.4) is 0 Å². The standard InChI is InChI=1S/C18H21NO4S/c1-14-7-9-16(10-8-14)24(21,22)19-17(11-20)18(19)13-23-12-15-5-3-2-4-6-15/h2-10,17-18,20H,11-13H2,1H3/t17-,18-,19?/m1/s1. The van der Waals surface area contributed by atoms with E-state index in [0.717, 1.165) is 11.1 Å². The minimum Gasteiger partial charge on any atom is -0.395 e. The average Bonchev–Trinajstić information content (AvgIpc) is 3.30. The van der Waals surface area contributed by atoms with Gasteiger partial charge in [0, 0.05) is 0 Å². The molecule has 1 aliphatic rings. The van der Waals surface area contributed by atoms with E-state index in [9.17, 15) is 13.5 Å². The van der Waals surface area contributed by atoms with E-state index in [1.165, 1.54) is 4.31 Å². The lowest BCUT2D eigenvalue weighted by atomic mass is 10.2. The number of aliphatic hydroxyl groups is 1. The molecule has 1 fully saturated rings. The maximum atomic E-state index is 12.7. The summed E-state index contributed by atoms with van der Waals surface area (Å²) in [6.45, 7) is 2.40. The van der Waals surface area contributed by atoms with Crippen LogP contribution in [0.2, 0.25) is 0 Å². The lowest BCUT2D eigenvalue weighted by molar-refractivity contribution is 0.117. The Hall–Kier alpha value is -1.73.